The van der Waals surface area contributed by atoms with E-state index in [2.05, 4.69) is 69.1 Å². The first-order chi connectivity index (χ1) is 17.9. The number of ether oxygens (including phenoxy) is 2. The fraction of sp³-hybridized carbons (Fsp3) is 0.548. The number of methoxy groups -OCH3 is 2. The van der Waals surface area contributed by atoms with E-state index in [0.717, 1.165) is 38.9 Å². The van der Waals surface area contributed by atoms with Gasteiger partial charge in [0.2, 0.25) is 5.91 Å². The van der Waals surface area contributed by atoms with Crippen molar-refractivity contribution in [1.82, 2.24) is 15.1 Å². The molecular formula is C31H43N3O4. The monoisotopic (exact) mass is 521 g/mol. The van der Waals surface area contributed by atoms with Crippen LogP contribution in [0.1, 0.15) is 81.4 Å². The number of hydrogen-bond acceptors (Lipinski definition) is 5. The number of likely N-dealkylation sites (tertiary alicyclic amines) is 1. The van der Waals surface area contributed by atoms with E-state index in [1.807, 2.05) is 17.0 Å². The second kappa shape index (κ2) is 11.0. The van der Waals surface area contributed by atoms with Crippen LogP contribution in [-0.4, -0.2) is 60.5 Å². The lowest BCUT2D eigenvalue weighted by Crippen LogP contribution is -2.53. The van der Waals surface area contributed by atoms with Gasteiger partial charge in [0.15, 0.2) is 11.5 Å². The second-order valence-electron chi connectivity index (χ2n) is 12.5. The molecule has 2 heterocycles. The van der Waals surface area contributed by atoms with E-state index in [4.69, 9.17) is 9.47 Å². The number of rotatable bonds is 8. The Morgan fingerprint density at radius 3 is 2.21 bits per heavy atom. The quantitative estimate of drug-likeness (QED) is 0.517. The van der Waals surface area contributed by atoms with Crippen molar-refractivity contribution in [3.05, 3.63) is 59.2 Å². The number of benzene rings is 2. The number of carbonyl (C=O) groups excluding carboxylic acids is 2. The van der Waals surface area contributed by atoms with Crippen molar-refractivity contribution in [2.45, 2.75) is 78.0 Å². The summed E-state index contributed by atoms with van der Waals surface area (Å²) in [6, 6.07) is 13.3. The van der Waals surface area contributed by atoms with Gasteiger partial charge in [0, 0.05) is 36.8 Å². The molecular weight excluding hydrogens is 478 g/mol. The van der Waals surface area contributed by atoms with Crippen LogP contribution >= 0.6 is 0 Å². The first-order valence-electron chi connectivity index (χ1n) is 13.6. The molecule has 1 unspecified atom stereocenters. The Balaban J connectivity index is 1.61. The van der Waals surface area contributed by atoms with Gasteiger partial charge in [-0.2, -0.15) is 0 Å². The second-order valence-corrected chi connectivity index (χ2v) is 12.5. The van der Waals surface area contributed by atoms with Gasteiger partial charge in [0.05, 0.1) is 19.8 Å². The highest BCUT2D eigenvalue weighted by Crippen LogP contribution is 2.45. The standard InChI is InChI=1S/C31H43N3O4/c1-30(2,3)20-31(4,5)32-28(35)26-23-13-14-24(37-6)27(38-7)25(23)29(36)34(26)22-15-17-33(18-16-22)19-21-11-9-8-10-12-21/h8-14,22,26H,15-20H2,1-7H3,(H,32,35). The molecule has 0 aromatic heterocycles. The minimum Gasteiger partial charge on any atom is -0.493 e. The normalized spacial score (nSPS) is 18.9. The number of fused-ring (bicyclic) bond motifs is 1. The Morgan fingerprint density at radius 2 is 1.63 bits per heavy atom. The summed E-state index contributed by atoms with van der Waals surface area (Å²) < 4.78 is 11.1. The van der Waals surface area contributed by atoms with E-state index in [-0.39, 0.29) is 23.3 Å². The average Bonchev–Trinajstić information content (AvgIpc) is 3.15. The van der Waals surface area contributed by atoms with Crippen molar-refractivity contribution in [3.63, 3.8) is 0 Å². The first kappa shape index (κ1) is 28.0. The van der Waals surface area contributed by atoms with Gasteiger partial charge >= 0.3 is 0 Å². The highest BCUT2D eigenvalue weighted by molar-refractivity contribution is 6.07. The van der Waals surface area contributed by atoms with Crippen LogP contribution in [-0.2, 0) is 11.3 Å². The van der Waals surface area contributed by atoms with Gasteiger partial charge in [-0.25, -0.2) is 0 Å². The zero-order chi connectivity index (χ0) is 27.7. The van der Waals surface area contributed by atoms with E-state index >= 15 is 0 Å². The molecule has 2 aliphatic rings. The Morgan fingerprint density at radius 1 is 0.974 bits per heavy atom. The third-order valence-corrected chi connectivity index (χ3v) is 7.48. The first-order valence-corrected chi connectivity index (χ1v) is 13.6. The van der Waals surface area contributed by atoms with Gasteiger partial charge in [-0.15, -0.1) is 0 Å². The fourth-order valence-corrected chi connectivity index (χ4v) is 6.40. The van der Waals surface area contributed by atoms with E-state index in [1.165, 1.54) is 12.7 Å². The van der Waals surface area contributed by atoms with Crippen molar-refractivity contribution in [2.24, 2.45) is 5.41 Å². The maximum absolute atomic E-state index is 14.0. The predicted molar refractivity (Wildman–Crippen MR) is 149 cm³/mol. The minimum atomic E-state index is -0.706. The van der Waals surface area contributed by atoms with Gasteiger partial charge in [0.1, 0.15) is 6.04 Å². The minimum absolute atomic E-state index is 0.0425. The third kappa shape index (κ3) is 5.98. The van der Waals surface area contributed by atoms with Crippen molar-refractivity contribution >= 4 is 11.8 Å². The van der Waals surface area contributed by atoms with Crippen LogP contribution in [0.15, 0.2) is 42.5 Å². The maximum atomic E-state index is 14.0. The van der Waals surface area contributed by atoms with E-state index in [9.17, 15) is 9.59 Å². The Labute approximate surface area is 227 Å². The summed E-state index contributed by atoms with van der Waals surface area (Å²) in [6.45, 7) is 13.2. The molecule has 0 saturated carbocycles. The lowest BCUT2D eigenvalue weighted by Gasteiger charge is -2.40. The van der Waals surface area contributed by atoms with E-state index in [1.54, 1.807) is 13.2 Å². The van der Waals surface area contributed by atoms with Crippen molar-refractivity contribution in [3.8, 4) is 11.5 Å². The molecule has 7 nitrogen and oxygen atoms in total. The fourth-order valence-electron chi connectivity index (χ4n) is 6.40. The van der Waals surface area contributed by atoms with Crippen LogP contribution in [0.2, 0.25) is 0 Å². The number of hydrogen-bond donors (Lipinski definition) is 1. The lowest BCUT2D eigenvalue weighted by atomic mass is 9.81. The molecule has 206 valence electrons. The molecule has 38 heavy (non-hydrogen) atoms. The van der Waals surface area contributed by atoms with Crippen molar-refractivity contribution in [2.75, 3.05) is 27.3 Å². The molecule has 0 radical (unpaired) electrons. The van der Waals surface area contributed by atoms with Crippen LogP contribution in [0.4, 0.5) is 0 Å². The molecule has 2 aliphatic heterocycles. The molecule has 2 aromatic carbocycles. The topological polar surface area (TPSA) is 71.1 Å². The lowest BCUT2D eigenvalue weighted by molar-refractivity contribution is -0.128. The summed E-state index contributed by atoms with van der Waals surface area (Å²) in [5.74, 6) is 0.577. The molecule has 2 aromatic rings. The van der Waals surface area contributed by atoms with Gasteiger partial charge in [-0.1, -0.05) is 57.2 Å². The maximum Gasteiger partial charge on any atom is 0.259 e. The molecule has 2 amide bonds. The summed E-state index contributed by atoms with van der Waals surface area (Å²) in [5.41, 5.74) is 2.02. The molecule has 1 atom stereocenters. The number of nitrogens with one attached hydrogen (secondary N) is 1. The summed E-state index contributed by atoms with van der Waals surface area (Å²) in [6.07, 6.45) is 2.42. The third-order valence-electron chi connectivity index (χ3n) is 7.48. The predicted octanol–water partition coefficient (Wildman–Crippen LogP) is 5.20. The van der Waals surface area contributed by atoms with Gasteiger partial charge in [-0.05, 0) is 50.2 Å². The largest absolute Gasteiger partial charge is 0.493 e. The molecule has 0 spiro atoms. The molecule has 7 heteroatoms. The van der Waals surface area contributed by atoms with Gasteiger partial charge in [0.25, 0.3) is 5.91 Å². The van der Waals surface area contributed by atoms with Crippen LogP contribution in [0.25, 0.3) is 0 Å². The summed E-state index contributed by atoms with van der Waals surface area (Å²) in [4.78, 5) is 32.2. The van der Waals surface area contributed by atoms with Gasteiger partial charge in [-0.3, -0.25) is 14.5 Å². The molecule has 1 N–H and O–H groups in total. The highest BCUT2D eigenvalue weighted by atomic mass is 16.5. The number of carbonyl (C=O) groups is 2. The van der Waals surface area contributed by atoms with Crippen LogP contribution in [0.5, 0.6) is 11.5 Å². The van der Waals surface area contributed by atoms with Gasteiger partial charge < -0.3 is 19.7 Å². The van der Waals surface area contributed by atoms with Crippen molar-refractivity contribution < 1.29 is 19.1 Å². The molecule has 0 bridgehead atoms. The number of piperidine rings is 1. The average molecular weight is 522 g/mol. The van der Waals surface area contributed by atoms with E-state index in [0.29, 0.717) is 22.6 Å². The smallest absolute Gasteiger partial charge is 0.259 e. The zero-order valence-corrected chi connectivity index (χ0v) is 24.0. The highest BCUT2D eigenvalue weighted by Gasteiger charge is 2.48. The summed E-state index contributed by atoms with van der Waals surface area (Å²) >= 11 is 0. The Bertz CT molecular complexity index is 1150. The Kier molecular flexibility index (Phi) is 8.07. The van der Waals surface area contributed by atoms with Crippen LogP contribution < -0.4 is 14.8 Å². The molecule has 0 aliphatic carbocycles. The van der Waals surface area contributed by atoms with E-state index < -0.39 is 11.6 Å². The molecule has 1 fully saturated rings. The SMILES string of the molecule is COc1ccc2c(c1OC)C(=O)N(C1CCN(Cc3ccccc3)CC1)C2C(=O)NC(C)(C)CC(C)(C)C. The van der Waals surface area contributed by atoms with Crippen LogP contribution in [0, 0.1) is 5.41 Å². The Hall–Kier alpha value is -3.06. The van der Waals surface area contributed by atoms with Crippen LogP contribution in [0.3, 0.4) is 0 Å². The summed E-state index contributed by atoms with van der Waals surface area (Å²) in [7, 11) is 3.10. The zero-order valence-electron chi connectivity index (χ0n) is 24.0. The number of nitrogens with zero attached hydrogens (tertiary/aromatic N) is 2. The summed E-state index contributed by atoms with van der Waals surface area (Å²) in [5, 5.41) is 3.28. The van der Waals surface area contributed by atoms with Crippen molar-refractivity contribution in [1.29, 1.82) is 0 Å². The number of amides is 2. The molecule has 1 saturated heterocycles. The molecule has 4 rings (SSSR count).